The number of amidine groups is 1. The fraction of sp³-hybridized carbons (Fsp3) is 0.818. The first-order chi connectivity index (χ1) is 8.50. The molecule has 0 unspecified atom stereocenters. The van der Waals surface area contributed by atoms with Crippen molar-refractivity contribution in [3.05, 3.63) is 0 Å². The van der Waals surface area contributed by atoms with Crippen LogP contribution in [0.25, 0.3) is 0 Å². The Kier molecular flexibility index (Phi) is 3.89. The normalized spacial score (nSPS) is 15.9. The Hall–Kier alpha value is -1.11. The van der Waals surface area contributed by atoms with Gasteiger partial charge in [0.25, 0.3) is 0 Å². The van der Waals surface area contributed by atoms with Crippen LogP contribution in [0.5, 0.6) is 0 Å². The molecular formula is C11H20N6S. The molecule has 0 spiro atoms. The van der Waals surface area contributed by atoms with E-state index >= 15 is 0 Å². The second-order valence-corrected chi connectivity index (χ2v) is 6.45. The molecule has 0 radical (unpaired) electrons. The highest BCUT2D eigenvalue weighted by atomic mass is 32.2. The summed E-state index contributed by atoms with van der Waals surface area (Å²) in [5, 5.41) is 20.2. The lowest BCUT2D eigenvalue weighted by molar-refractivity contribution is 0.464. The van der Waals surface area contributed by atoms with Gasteiger partial charge in [0.1, 0.15) is 0 Å². The molecule has 0 aliphatic heterocycles. The number of nitrogens with zero attached hydrogens (tertiary/aromatic N) is 4. The van der Waals surface area contributed by atoms with Crippen LogP contribution in [0.1, 0.15) is 45.6 Å². The number of nitrogens with one attached hydrogen (secondary N) is 1. The maximum Gasteiger partial charge on any atom is 0.209 e. The Morgan fingerprint density at radius 2 is 2.28 bits per heavy atom. The smallest absolute Gasteiger partial charge is 0.209 e. The Morgan fingerprint density at radius 3 is 2.89 bits per heavy atom. The van der Waals surface area contributed by atoms with Gasteiger partial charge >= 0.3 is 0 Å². The van der Waals surface area contributed by atoms with E-state index < -0.39 is 0 Å². The summed E-state index contributed by atoms with van der Waals surface area (Å²) in [7, 11) is 0. The van der Waals surface area contributed by atoms with E-state index in [9.17, 15) is 0 Å². The number of rotatable bonds is 7. The van der Waals surface area contributed by atoms with Gasteiger partial charge in [-0.15, -0.1) is 5.10 Å². The molecular weight excluding hydrogens is 248 g/mol. The largest absolute Gasteiger partial charge is 0.387 e. The van der Waals surface area contributed by atoms with Gasteiger partial charge in [0.2, 0.25) is 5.16 Å². The van der Waals surface area contributed by atoms with Crippen LogP contribution in [0.4, 0.5) is 0 Å². The van der Waals surface area contributed by atoms with E-state index in [0.29, 0.717) is 6.04 Å². The number of aromatic nitrogens is 4. The number of hydrogen-bond acceptors (Lipinski definition) is 5. The van der Waals surface area contributed by atoms with Crippen molar-refractivity contribution >= 4 is 17.6 Å². The summed E-state index contributed by atoms with van der Waals surface area (Å²) < 4.78 is 1.93. The molecule has 1 fully saturated rings. The maximum atomic E-state index is 7.51. The number of hydrogen-bond donors (Lipinski definition) is 2. The van der Waals surface area contributed by atoms with E-state index in [2.05, 4.69) is 15.5 Å². The van der Waals surface area contributed by atoms with Crippen LogP contribution in [0.15, 0.2) is 5.16 Å². The van der Waals surface area contributed by atoms with Crippen molar-refractivity contribution in [1.82, 2.24) is 20.2 Å². The molecule has 2 rings (SSSR count). The molecule has 7 heteroatoms. The topological polar surface area (TPSA) is 93.5 Å². The van der Waals surface area contributed by atoms with Crippen molar-refractivity contribution in [2.75, 3.05) is 5.75 Å². The summed E-state index contributed by atoms with van der Waals surface area (Å²) in [4.78, 5) is 0. The summed E-state index contributed by atoms with van der Waals surface area (Å²) in [6.07, 6.45) is 4.31. The van der Waals surface area contributed by atoms with E-state index in [1.165, 1.54) is 12.8 Å². The lowest BCUT2D eigenvalue weighted by atomic mass is 9.87. The van der Waals surface area contributed by atoms with Gasteiger partial charge < -0.3 is 5.73 Å². The Morgan fingerprint density at radius 1 is 1.56 bits per heavy atom. The molecule has 1 heterocycles. The zero-order valence-corrected chi connectivity index (χ0v) is 11.7. The zero-order chi connectivity index (χ0) is 13.2. The van der Waals surface area contributed by atoms with Gasteiger partial charge in [-0.1, -0.05) is 25.6 Å². The second kappa shape index (κ2) is 5.26. The lowest BCUT2D eigenvalue weighted by Gasteiger charge is -2.22. The standard InChI is InChI=1S/C11H20N6S/c1-11(2,9(12)13)6-3-7-18-10-14-15-16-17(10)8-4-5-8/h8H,3-7H2,1-2H3,(H3,12,13). The van der Waals surface area contributed by atoms with Crippen LogP contribution in [0.3, 0.4) is 0 Å². The number of nitrogens with two attached hydrogens (primary N) is 1. The summed E-state index contributed by atoms with van der Waals surface area (Å²) in [6.45, 7) is 4.02. The predicted octanol–water partition coefficient (Wildman–Crippen LogP) is 1.84. The molecule has 3 N–H and O–H groups in total. The quantitative estimate of drug-likeness (QED) is 0.340. The van der Waals surface area contributed by atoms with Gasteiger partial charge in [0.15, 0.2) is 0 Å². The monoisotopic (exact) mass is 268 g/mol. The van der Waals surface area contributed by atoms with Crippen LogP contribution in [0, 0.1) is 10.8 Å². The molecule has 1 saturated carbocycles. The van der Waals surface area contributed by atoms with Gasteiger partial charge in [0, 0.05) is 11.2 Å². The fourth-order valence-electron chi connectivity index (χ4n) is 1.64. The van der Waals surface area contributed by atoms with E-state index in [1.807, 2.05) is 18.5 Å². The average molecular weight is 268 g/mol. The minimum atomic E-state index is -0.205. The summed E-state index contributed by atoms with van der Waals surface area (Å²) in [5.74, 6) is 1.22. The van der Waals surface area contributed by atoms with E-state index in [0.717, 1.165) is 23.8 Å². The second-order valence-electron chi connectivity index (χ2n) is 5.39. The van der Waals surface area contributed by atoms with Gasteiger partial charge in [-0.05, 0) is 36.1 Å². The first kappa shape index (κ1) is 13.3. The van der Waals surface area contributed by atoms with Gasteiger partial charge in [0.05, 0.1) is 11.9 Å². The molecule has 100 valence electrons. The van der Waals surface area contributed by atoms with E-state index in [1.54, 1.807) is 11.8 Å². The number of tetrazole rings is 1. The van der Waals surface area contributed by atoms with Gasteiger partial charge in [-0.2, -0.15) is 0 Å². The summed E-state index contributed by atoms with van der Waals surface area (Å²) in [6, 6.07) is 0.524. The summed E-state index contributed by atoms with van der Waals surface area (Å²) >= 11 is 1.69. The highest BCUT2D eigenvalue weighted by Gasteiger charge is 2.28. The van der Waals surface area contributed by atoms with Gasteiger partial charge in [-0.25, -0.2) is 4.68 Å². The average Bonchev–Trinajstić information content (AvgIpc) is 3.04. The molecule has 0 amide bonds. The molecule has 6 nitrogen and oxygen atoms in total. The Balaban J connectivity index is 1.75. The molecule has 1 aromatic rings. The highest BCUT2D eigenvalue weighted by molar-refractivity contribution is 7.99. The van der Waals surface area contributed by atoms with Crippen molar-refractivity contribution in [2.45, 2.75) is 50.7 Å². The predicted molar refractivity (Wildman–Crippen MR) is 71.7 cm³/mol. The zero-order valence-electron chi connectivity index (χ0n) is 10.9. The van der Waals surface area contributed by atoms with Crippen LogP contribution in [-0.2, 0) is 0 Å². The van der Waals surface area contributed by atoms with Crippen molar-refractivity contribution in [2.24, 2.45) is 11.1 Å². The SMILES string of the molecule is CC(C)(CCCSc1nnnn1C1CC1)C(=N)N. The lowest BCUT2D eigenvalue weighted by Crippen LogP contribution is -2.30. The fourth-order valence-corrected chi connectivity index (χ4v) is 2.52. The third-order valence-corrected chi connectivity index (χ3v) is 4.28. The molecule has 1 aromatic heterocycles. The van der Waals surface area contributed by atoms with Crippen LogP contribution < -0.4 is 5.73 Å². The molecule has 1 aliphatic carbocycles. The first-order valence-corrected chi connectivity index (χ1v) is 7.24. The maximum absolute atomic E-state index is 7.51. The van der Waals surface area contributed by atoms with Gasteiger partial charge in [-0.3, -0.25) is 5.41 Å². The van der Waals surface area contributed by atoms with Crippen LogP contribution >= 0.6 is 11.8 Å². The summed E-state index contributed by atoms with van der Waals surface area (Å²) in [5.41, 5.74) is 5.35. The van der Waals surface area contributed by atoms with Crippen molar-refractivity contribution < 1.29 is 0 Å². The first-order valence-electron chi connectivity index (χ1n) is 6.26. The Labute approximate surface area is 111 Å². The van der Waals surface area contributed by atoms with Crippen LogP contribution in [0.2, 0.25) is 0 Å². The minimum Gasteiger partial charge on any atom is -0.387 e. The third kappa shape index (κ3) is 3.22. The molecule has 0 saturated heterocycles. The molecule has 18 heavy (non-hydrogen) atoms. The molecule has 0 bridgehead atoms. The minimum absolute atomic E-state index is 0.205. The van der Waals surface area contributed by atoms with E-state index in [-0.39, 0.29) is 11.3 Å². The molecule has 1 aliphatic rings. The molecule has 0 atom stereocenters. The number of thioether (sulfide) groups is 1. The Bertz CT molecular complexity index is 423. The highest BCUT2D eigenvalue weighted by Crippen LogP contribution is 2.36. The van der Waals surface area contributed by atoms with Crippen LogP contribution in [-0.4, -0.2) is 31.8 Å². The van der Waals surface area contributed by atoms with Crippen molar-refractivity contribution in [1.29, 1.82) is 5.41 Å². The third-order valence-electron chi connectivity index (χ3n) is 3.26. The molecule has 0 aromatic carbocycles. The van der Waals surface area contributed by atoms with E-state index in [4.69, 9.17) is 11.1 Å². The van der Waals surface area contributed by atoms with Crippen molar-refractivity contribution in [3.8, 4) is 0 Å². The van der Waals surface area contributed by atoms with Crippen molar-refractivity contribution in [3.63, 3.8) is 0 Å².